The van der Waals surface area contributed by atoms with Crippen LogP contribution in [0.25, 0.3) is 10.2 Å². The third kappa shape index (κ3) is 3.28. The lowest BCUT2D eigenvalue weighted by molar-refractivity contribution is -0.385. The number of thiazole rings is 1. The largest absolute Gasteiger partial charge is 0.320 e. The number of nitrogens with one attached hydrogen (secondary N) is 1. The Labute approximate surface area is 151 Å². The predicted octanol–water partition coefficient (Wildman–Crippen LogP) is 2.08. The third-order valence-corrected chi connectivity index (χ3v) is 5.58. The van der Waals surface area contributed by atoms with Crippen LogP contribution in [0.15, 0.2) is 29.3 Å². The van der Waals surface area contributed by atoms with E-state index in [4.69, 9.17) is 0 Å². The van der Waals surface area contributed by atoms with Crippen molar-refractivity contribution in [2.45, 2.75) is 18.4 Å². The van der Waals surface area contributed by atoms with Crippen molar-refractivity contribution in [3.8, 4) is 0 Å². The van der Waals surface area contributed by atoms with E-state index in [2.05, 4.69) is 15.4 Å². The SMILES string of the molecule is CCn1ncc([N+](=O)[O-])c1C(=O)Nc1nc2ccc(S(C)(=O)=O)cc2s1. The molecule has 0 atom stereocenters. The summed E-state index contributed by atoms with van der Waals surface area (Å²) in [5.74, 6) is -0.710. The quantitative estimate of drug-likeness (QED) is 0.515. The number of carbonyl (C=O) groups is 1. The Morgan fingerprint density at radius 1 is 1.42 bits per heavy atom. The van der Waals surface area contributed by atoms with Crippen molar-refractivity contribution in [2.75, 3.05) is 11.6 Å². The van der Waals surface area contributed by atoms with E-state index in [0.717, 1.165) is 23.8 Å². The van der Waals surface area contributed by atoms with E-state index in [1.54, 1.807) is 6.92 Å². The molecule has 0 aliphatic heterocycles. The average Bonchev–Trinajstić information content (AvgIpc) is 3.16. The average molecular weight is 395 g/mol. The van der Waals surface area contributed by atoms with Crippen LogP contribution in [0.1, 0.15) is 17.4 Å². The smallest absolute Gasteiger partial charge is 0.296 e. The topological polar surface area (TPSA) is 137 Å². The van der Waals surface area contributed by atoms with Gasteiger partial charge in [-0.3, -0.25) is 24.9 Å². The lowest BCUT2D eigenvalue weighted by Gasteiger charge is -2.03. The zero-order valence-corrected chi connectivity index (χ0v) is 15.3. The molecular formula is C14H13N5O5S2. The van der Waals surface area contributed by atoms with Gasteiger partial charge in [-0.25, -0.2) is 13.4 Å². The van der Waals surface area contributed by atoms with Crippen molar-refractivity contribution >= 4 is 48.1 Å². The number of fused-ring (bicyclic) bond motifs is 1. The Hall–Kier alpha value is -2.86. The van der Waals surface area contributed by atoms with E-state index >= 15 is 0 Å². The molecule has 0 bridgehead atoms. The summed E-state index contributed by atoms with van der Waals surface area (Å²) < 4.78 is 25.1. The lowest BCUT2D eigenvalue weighted by Crippen LogP contribution is -2.18. The van der Waals surface area contributed by atoms with Crippen LogP contribution in [0, 0.1) is 10.1 Å². The summed E-state index contributed by atoms with van der Waals surface area (Å²) in [6, 6.07) is 4.44. The van der Waals surface area contributed by atoms with E-state index in [0.29, 0.717) is 10.2 Å². The number of hydrogen-bond donors (Lipinski definition) is 1. The minimum Gasteiger partial charge on any atom is -0.296 e. The van der Waals surface area contributed by atoms with E-state index in [9.17, 15) is 23.3 Å². The number of benzene rings is 1. The van der Waals surface area contributed by atoms with Crippen molar-refractivity contribution in [3.05, 3.63) is 40.2 Å². The molecule has 26 heavy (non-hydrogen) atoms. The van der Waals surface area contributed by atoms with Crippen LogP contribution in [-0.4, -0.2) is 40.3 Å². The maximum absolute atomic E-state index is 12.5. The Morgan fingerprint density at radius 3 is 2.77 bits per heavy atom. The van der Waals surface area contributed by atoms with Crippen LogP contribution in [0.2, 0.25) is 0 Å². The summed E-state index contributed by atoms with van der Waals surface area (Å²) in [7, 11) is -3.36. The number of nitrogens with zero attached hydrogens (tertiary/aromatic N) is 4. The number of anilines is 1. The number of amides is 1. The monoisotopic (exact) mass is 395 g/mol. The highest BCUT2D eigenvalue weighted by Gasteiger charge is 2.27. The molecule has 1 aromatic carbocycles. The van der Waals surface area contributed by atoms with Gasteiger partial charge in [-0.15, -0.1) is 0 Å². The van der Waals surface area contributed by atoms with Gasteiger partial charge in [0.25, 0.3) is 5.91 Å². The van der Waals surface area contributed by atoms with Crippen LogP contribution in [-0.2, 0) is 16.4 Å². The number of aryl methyl sites for hydroxylation is 1. The van der Waals surface area contributed by atoms with Crippen molar-refractivity contribution in [2.24, 2.45) is 0 Å². The molecule has 0 radical (unpaired) electrons. The second-order valence-corrected chi connectivity index (χ2v) is 8.37. The fraction of sp³-hybridized carbons (Fsp3) is 0.214. The van der Waals surface area contributed by atoms with Crippen LogP contribution in [0.4, 0.5) is 10.8 Å². The van der Waals surface area contributed by atoms with E-state index in [1.807, 2.05) is 0 Å². The first kappa shape index (κ1) is 17.9. The Bertz CT molecular complexity index is 1130. The molecular weight excluding hydrogens is 382 g/mol. The molecule has 1 N–H and O–H groups in total. The summed E-state index contributed by atoms with van der Waals surface area (Å²) in [5, 5.41) is 17.6. The van der Waals surface area contributed by atoms with Gasteiger partial charge in [-0.05, 0) is 25.1 Å². The number of rotatable bonds is 5. The zero-order chi connectivity index (χ0) is 19.1. The van der Waals surface area contributed by atoms with Crippen LogP contribution < -0.4 is 5.32 Å². The molecule has 0 spiro atoms. The number of nitro groups is 1. The van der Waals surface area contributed by atoms with Crippen LogP contribution in [0.3, 0.4) is 0 Å². The van der Waals surface area contributed by atoms with Gasteiger partial charge in [0.15, 0.2) is 15.0 Å². The zero-order valence-electron chi connectivity index (χ0n) is 13.7. The molecule has 10 nitrogen and oxygen atoms in total. The Morgan fingerprint density at radius 2 is 2.15 bits per heavy atom. The van der Waals surface area contributed by atoms with Gasteiger partial charge in [-0.2, -0.15) is 5.10 Å². The molecule has 136 valence electrons. The molecule has 0 aliphatic carbocycles. The van der Waals surface area contributed by atoms with Gasteiger partial charge >= 0.3 is 5.69 Å². The van der Waals surface area contributed by atoms with Gasteiger partial charge in [0.1, 0.15) is 6.20 Å². The fourth-order valence-electron chi connectivity index (χ4n) is 2.33. The summed E-state index contributed by atoms with van der Waals surface area (Å²) in [4.78, 5) is 27.2. The Balaban J connectivity index is 1.95. The van der Waals surface area contributed by atoms with Crippen molar-refractivity contribution in [3.63, 3.8) is 0 Å². The summed E-state index contributed by atoms with van der Waals surface area (Å²) in [6.45, 7) is 1.99. The van der Waals surface area contributed by atoms with Gasteiger partial charge in [0, 0.05) is 12.8 Å². The second-order valence-electron chi connectivity index (χ2n) is 5.33. The Kier molecular flexibility index (Phi) is 4.46. The molecule has 12 heteroatoms. The lowest BCUT2D eigenvalue weighted by atomic mass is 10.3. The first-order valence-electron chi connectivity index (χ1n) is 7.33. The van der Waals surface area contributed by atoms with Gasteiger partial charge < -0.3 is 0 Å². The molecule has 0 unspecified atom stereocenters. The number of aromatic nitrogens is 3. The molecule has 3 rings (SSSR count). The van der Waals surface area contributed by atoms with Crippen LogP contribution >= 0.6 is 11.3 Å². The number of sulfone groups is 1. The molecule has 2 heterocycles. The second kappa shape index (κ2) is 6.46. The van der Waals surface area contributed by atoms with Crippen LogP contribution in [0.5, 0.6) is 0 Å². The van der Waals surface area contributed by atoms with Crippen molar-refractivity contribution in [1.82, 2.24) is 14.8 Å². The van der Waals surface area contributed by atoms with E-state index < -0.39 is 26.4 Å². The standard InChI is InChI=1S/C14H13N5O5S2/c1-3-18-12(10(7-15-18)19(21)22)13(20)17-14-16-9-5-4-8(26(2,23)24)6-11(9)25-14/h4-7H,3H2,1-2H3,(H,16,17,20). The molecule has 1 amide bonds. The highest BCUT2D eigenvalue weighted by molar-refractivity contribution is 7.90. The summed E-state index contributed by atoms with van der Waals surface area (Å²) in [5.41, 5.74) is -0.0606. The van der Waals surface area contributed by atoms with E-state index in [1.165, 1.54) is 22.9 Å². The fourth-order valence-corrected chi connectivity index (χ4v) is 3.95. The van der Waals surface area contributed by atoms with E-state index in [-0.39, 0.29) is 22.3 Å². The predicted molar refractivity (Wildman–Crippen MR) is 95.2 cm³/mol. The highest BCUT2D eigenvalue weighted by atomic mass is 32.2. The minimum atomic E-state index is -3.36. The maximum Gasteiger partial charge on any atom is 0.320 e. The van der Waals surface area contributed by atoms with Crippen molar-refractivity contribution in [1.29, 1.82) is 0 Å². The summed E-state index contributed by atoms with van der Waals surface area (Å²) in [6.07, 6.45) is 2.12. The molecule has 0 saturated carbocycles. The normalized spacial score (nSPS) is 11.6. The highest BCUT2D eigenvalue weighted by Crippen LogP contribution is 2.29. The molecule has 2 aromatic heterocycles. The number of carbonyl (C=O) groups excluding carboxylic acids is 1. The molecule has 0 aliphatic rings. The molecule has 0 saturated heterocycles. The van der Waals surface area contributed by atoms with Gasteiger partial charge in [0.2, 0.25) is 5.69 Å². The molecule has 0 fully saturated rings. The summed E-state index contributed by atoms with van der Waals surface area (Å²) >= 11 is 1.07. The van der Waals surface area contributed by atoms with Crippen molar-refractivity contribution < 1.29 is 18.1 Å². The van der Waals surface area contributed by atoms with Gasteiger partial charge in [-0.1, -0.05) is 11.3 Å². The van der Waals surface area contributed by atoms with Gasteiger partial charge in [0.05, 0.1) is 20.0 Å². The minimum absolute atomic E-state index is 0.145. The number of hydrogen-bond acceptors (Lipinski definition) is 8. The first-order chi connectivity index (χ1) is 12.2. The maximum atomic E-state index is 12.5. The third-order valence-electron chi connectivity index (χ3n) is 3.54. The molecule has 3 aromatic rings. The first-order valence-corrected chi connectivity index (χ1v) is 10.0.